The summed E-state index contributed by atoms with van der Waals surface area (Å²) in [5.41, 5.74) is 1.33. The maximum Gasteiger partial charge on any atom is 0.259 e. The number of carbonyl (C=O) groups is 1. The fraction of sp³-hybridized carbons (Fsp3) is 0.739. The Bertz CT molecular complexity index is 695. The first-order valence-electron chi connectivity index (χ1n) is 10.8. The van der Waals surface area contributed by atoms with Gasteiger partial charge in [0.15, 0.2) is 5.60 Å². The molecule has 0 spiro atoms. The van der Waals surface area contributed by atoms with Gasteiger partial charge in [0.25, 0.3) is 5.91 Å². The Morgan fingerprint density at radius 3 is 2.76 bits per heavy atom. The lowest BCUT2D eigenvalue weighted by Crippen LogP contribution is -2.76. The van der Waals surface area contributed by atoms with Crippen LogP contribution < -0.4 is 0 Å². The van der Waals surface area contributed by atoms with E-state index < -0.39 is 5.60 Å². The fourth-order valence-electron chi connectivity index (χ4n) is 4.77. The normalized spacial score (nSPS) is 28.7. The lowest BCUT2D eigenvalue weighted by molar-refractivity contribution is -0.235. The predicted octanol–water partition coefficient (Wildman–Crippen LogP) is 3.75. The number of likely N-dealkylation sites (tertiary alicyclic amines) is 1. The van der Waals surface area contributed by atoms with E-state index in [-0.39, 0.29) is 25.5 Å². The van der Waals surface area contributed by atoms with Gasteiger partial charge in [0.05, 0.1) is 6.04 Å². The summed E-state index contributed by atoms with van der Waals surface area (Å²) in [5, 5.41) is 0. The van der Waals surface area contributed by atoms with Crippen molar-refractivity contribution in [2.24, 2.45) is 11.8 Å². The zero-order chi connectivity index (χ0) is 21.0. The molecule has 162 valence electrons. The Balaban J connectivity index is 1.82. The van der Waals surface area contributed by atoms with Crippen LogP contribution in [0.3, 0.4) is 0 Å². The first-order chi connectivity index (χ1) is 14.0. The molecular weight excluding hydrogens is 368 g/mol. The molecule has 0 N–H and O–H groups in total. The zero-order valence-corrected chi connectivity index (χ0v) is 18.5. The van der Waals surface area contributed by atoms with Crippen LogP contribution in [0.15, 0.2) is 18.3 Å². The summed E-state index contributed by atoms with van der Waals surface area (Å²) in [7, 11) is 3.20. The van der Waals surface area contributed by atoms with Gasteiger partial charge in [-0.2, -0.15) is 0 Å². The molecule has 0 radical (unpaired) electrons. The molecule has 2 heterocycles. The topological polar surface area (TPSA) is 60.9 Å². The highest BCUT2D eigenvalue weighted by molar-refractivity contribution is 5.93. The van der Waals surface area contributed by atoms with E-state index in [0.717, 1.165) is 18.0 Å². The minimum absolute atomic E-state index is 0.0375. The number of aromatic nitrogens is 1. The number of amides is 1. The molecule has 1 aliphatic heterocycles. The Morgan fingerprint density at radius 1 is 1.31 bits per heavy atom. The Labute approximate surface area is 174 Å². The maximum absolute atomic E-state index is 13.2. The second kappa shape index (κ2) is 9.54. The third kappa shape index (κ3) is 4.65. The molecule has 6 heteroatoms. The van der Waals surface area contributed by atoms with Crippen LogP contribution >= 0.6 is 0 Å². The molecular formula is C23H36N2O4. The van der Waals surface area contributed by atoms with Crippen LogP contribution in [0.25, 0.3) is 0 Å². The Kier molecular flexibility index (Phi) is 7.30. The third-order valence-electron chi connectivity index (χ3n) is 6.23. The molecule has 3 rings (SSSR count). The second-order valence-electron chi connectivity index (χ2n) is 8.93. The van der Waals surface area contributed by atoms with Crippen molar-refractivity contribution in [3.05, 3.63) is 29.6 Å². The number of methoxy groups -OCH3 is 2. The van der Waals surface area contributed by atoms with Crippen molar-refractivity contribution >= 4 is 5.91 Å². The van der Waals surface area contributed by atoms with E-state index in [2.05, 4.69) is 37.9 Å². The summed E-state index contributed by atoms with van der Waals surface area (Å²) in [4.78, 5) is 19.5. The highest BCUT2D eigenvalue weighted by atomic mass is 16.7. The molecule has 1 amide bonds. The van der Waals surface area contributed by atoms with Gasteiger partial charge in [0.2, 0.25) is 0 Å². The summed E-state index contributed by atoms with van der Waals surface area (Å²) in [6, 6.07) is 4.25. The molecule has 0 bridgehead atoms. The van der Waals surface area contributed by atoms with Gasteiger partial charge in [-0.3, -0.25) is 9.78 Å². The van der Waals surface area contributed by atoms with Gasteiger partial charge < -0.3 is 19.1 Å². The number of hydrogen-bond acceptors (Lipinski definition) is 5. The largest absolute Gasteiger partial charge is 0.364 e. The number of rotatable bonds is 12. The third-order valence-corrected chi connectivity index (χ3v) is 6.23. The SMILES string of the molecule is CCCC1CC1c1ccnc(C[C@]2(OCOC)C(=O)N(COC)[C@H]2CC(C)C)c1. The van der Waals surface area contributed by atoms with Gasteiger partial charge >= 0.3 is 0 Å². The average Bonchev–Trinajstić information content (AvgIpc) is 3.47. The van der Waals surface area contributed by atoms with Crippen molar-refractivity contribution in [2.45, 2.75) is 70.4 Å². The van der Waals surface area contributed by atoms with E-state index in [0.29, 0.717) is 18.3 Å². The van der Waals surface area contributed by atoms with Crippen molar-refractivity contribution < 1.29 is 19.0 Å². The van der Waals surface area contributed by atoms with E-state index in [4.69, 9.17) is 14.2 Å². The van der Waals surface area contributed by atoms with E-state index in [1.165, 1.54) is 24.8 Å². The maximum atomic E-state index is 13.2. The van der Waals surface area contributed by atoms with Crippen molar-refractivity contribution in [3.8, 4) is 0 Å². The van der Waals surface area contributed by atoms with Gasteiger partial charge in [-0.05, 0) is 48.3 Å². The number of carbonyl (C=O) groups excluding carboxylic acids is 1. The Hall–Kier alpha value is -1.50. The lowest BCUT2D eigenvalue weighted by Gasteiger charge is -2.55. The van der Waals surface area contributed by atoms with E-state index in [1.807, 2.05) is 6.20 Å². The number of β-lactam (4-membered cyclic amide) rings is 1. The standard InChI is InChI=1S/C23H36N2O4/c1-6-7-17-12-20(17)18-8-9-24-19(11-18)13-23(29-15-28-5)21(10-16(2)3)25(14-27-4)22(23)26/h8-9,11,16-17,20-21H,6-7,10,12-15H2,1-5H3/t17?,20?,21-,23+/m0/s1. The summed E-state index contributed by atoms with van der Waals surface area (Å²) < 4.78 is 16.5. The van der Waals surface area contributed by atoms with Gasteiger partial charge in [-0.1, -0.05) is 33.6 Å². The van der Waals surface area contributed by atoms with E-state index in [9.17, 15) is 4.79 Å². The molecule has 2 fully saturated rings. The summed E-state index contributed by atoms with van der Waals surface area (Å²) >= 11 is 0. The van der Waals surface area contributed by atoms with Crippen LogP contribution in [-0.2, 0) is 25.4 Å². The van der Waals surface area contributed by atoms with Crippen molar-refractivity contribution in [2.75, 3.05) is 27.7 Å². The van der Waals surface area contributed by atoms with Crippen molar-refractivity contribution in [3.63, 3.8) is 0 Å². The highest BCUT2D eigenvalue weighted by Crippen LogP contribution is 2.50. The van der Waals surface area contributed by atoms with Gasteiger partial charge in [-0.15, -0.1) is 0 Å². The monoisotopic (exact) mass is 404 g/mol. The van der Waals surface area contributed by atoms with Crippen LogP contribution in [0.4, 0.5) is 0 Å². The van der Waals surface area contributed by atoms with Crippen LogP contribution in [0.2, 0.25) is 0 Å². The molecule has 1 saturated heterocycles. The fourth-order valence-corrected chi connectivity index (χ4v) is 4.77. The summed E-state index contributed by atoms with van der Waals surface area (Å²) in [5.74, 6) is 1.83. The molecule has 4 atom stereocenters. The molecule has 1 saturated carbocycles. The molecule has 29 heavy (non-hydrogen) atoms. The van der Waals surface area contributed by atoms with Crippen LogP contribution in [0, 0.1) is 11.8 Å². The Morgan fingerprint density at radius 2 is 2.10 bits per heavy atom. The molecule has 1 aliphatic carbocycles. The highest BCUT2D eigenvalue weighted by Gasteiger charge is 2.62. The van der Waals surface area contributed by atoms with Gasteiger partial charge in [0.1, 0.15) is 13.5 Å². The molecule has 1 aromatic rings. The van der Waals surface area contributed by atoms with Crippen LogP contribution in [-0.4, -0.2) is 55.2 Å². The smallest absolute Gasteiger partial charge is 0.259 e. The quantitative estimate of drug-likeness (QED) is 0.392. The minimum Gasteiger partial charge on any atom is -0.364 e. The van der Waals surface area contributed by atoms with E-state index >= 15 is 0 Å². The molecule has 2 aliphatic rings. The van der Waals surface area contributed by atoms with Gasteiger partial charge in [-0.25, -0.2) is 0 Å². The van der Waals surface area contributed by atoms with Gasteiger partial charge in [0, 0.05) is 32.5 Å². The number of nitrogens with zero attached hydrogens (tertiary/aromatic N) is 2. The number of pyridine rings is 1. The summed E-state index contributed by atoms with van der Waals surface area (Å²) in [6.07, 6.45) is 6.96. The first-order valence-corrected chi connectivity index (χ1v) is 10.8. The van der Waals surface area contributed by atoms with Crippen molar-refractivity contribution in [1.82, 2.24) is 9.88 Å². The number of hydrogen-bond donors (Lipinski definition) is 0. The second-order valence-corrected chi connectivity index (χ2v) is 8.93. The molecule has 2 unspecified atom stereocenters. The molecule has 0 aromatic carbocycles. The van der Waals surface area contributed by atoms with Crippen LogP contribution in [0.1, 0.15) is 63.6 Å². The summed E-state index contributed by atoms with van der Waals surface area (Å²) in [6.45, 7) is 6.93. The molecule has 1 aromatic heterocycles. The molecule has 6 nitrogen and oxygen atoms in total. The average molecular weight is 405 g/mol. The van der Waals surface area contributed by atoms with Crippen LogP contribution in [0.5, 0.6) is 0 Å². The zero-order valence-electron chi connectivity index (χ0n) is 18.5. The van der Waals surface area contributed by atoms with Crippen molar-refractivity contribution in [1.29, 1.82) is 0 Å². The predicted molar refractivity (Wildman–Crippen MR) is 111 cm³/mol. The van der Waals surface area contributed by atoms with E-state index in [1.54, 1.807) is 19.1 Å². The lowest BCUT2D eigenvalue weighted by atomic mass is 9.74. The minimum atomic E-state index is -0.934. The number of ether oxygens (including phenoxy) is 3. The first kappa shape index (κ1) is 22.2.